The van der Waals surface area contributed by atoms with E-state index in [1.165, 1.54) is 0 Å². The molecule has 0 bridgehead atoms. The number of rotatable bonds is 11. The molecule has 3 heterocycles. The summed E-state index contributed by atoms with van der Waals surface area (Å²) in [7, 11) is 4.73. The lowest BCUT2D eigenvalue weighted by Gasteiger charge is -2.15. The van der Waals surface area contributed by atoms with Crippen LogP contribution in [0.15, 0.2) is 69.4 Å². The Labute approximate surface area is 269 Å². The maximum Gasteiger partial charge on any atom is 0.251 e. The summed E-state index contributed by atoms with van der Waals surface area (Å²) < 4.78 is 13.6. The quantitative estimate of drug-likeness (QED) is 0.104. The fourth-order valence-electron chi connectivity index (χ4n) is 4.66. The van der Waals surface area contributed by atoms with Crippen LogP contribution >= 0.6 is 0 Å². The highest BCUT2D eigenvalue weighted by Gasteiger charge is 2.23. The van der Waals surface area contributed by atoms with Crippen molar-refractivity contribution in [1.82, 2.24) is 30.5 Å². The van der Waals surface area contributed by atoms with Gasteiger partial charge in [0.25, 0.3) is 5.95 Å². The monoisotopic (exact) mass is 635 g/mol. The maximum absolute atomic E-state index is 13.6. The molecule has 0 aliphatic carbocycles. The molecule has 4 rings (SSSR count). The molecule has 2 aromatic heterocycles. The molecular formula is C32H46FN11O2. The van der Waals surface area contributed by atoms with Gasteiger partial charge in [-0.1, -0.05) is 12.1 Å². The Hall–Kier alpha value is -4.95. The van der Waals surface area contributed by atoms with Crippen molar-refractivity contribution in [1.29, 1.82) is 0 Å². The number of carbonyl (C=O) groups is 1. The van der Waals surface area contributed by atoms with E-state index in [2.05, 4.69) is 58.7 Å². The molecule has 0 amide bonds. The third-order valence-corrected chi connectivity index (χ3v) is 6.88. The highest BCUT2D eigenvalue weighted by molar-refractivity contribution is 6.01. The number of amidine groups is 2. The van der Waals surface area contributed by atoms with Crippen molar-refractivity contribution in [2.24, 2.45) is 20.7 Å². The van der Waals surface area contributed by atoms with E-state index in [1.807, 2.05) is 58.1 Å². The van der Waals surface area contributed by atoms with Gasteiger partial charge in [0.2, 0.25) is 0 Å². The van der Waals surface area contributed by atoms with Crippen LogP contribution in [0.1, 0.15) is 25.8 Å². The number of aromatic nitrogens is 3. The number of aliphatic hydroxyl groups excluding tert-OH is 1. The fourth-order valence-corrected chi connectivity index (χ4v) is 4.66. The maximum atomic E-state index is 13.6. The van der Waals surface area contributed by atoms with Crippen molar-refractivity contribution < 1.29 is 14.3 Å². The van der Waals surface area contributed by atoms with E-state index in [0.29, 0.717) is 24.9 Å². The van der Waals surface area contributed by atoms with Crippen LogP contribution < -0.4 is 21.7 Å². The second kappa shape index (κ2) is 19.4. The van der Waals surface area contributed by atoms with E-state index in [1.54, 1.807) is 12.3 Å². The topological polar surface area (TPSA) is 181 Å². The van der Waals surface area contributed by atoms with Crippen LogP contribution in [0.2, 0.25) is 0 Å². The second-order valence-electron chi connectivity index (χ2n) is 10.0. The van der Waals surface area contributed by atoms with E-state index in [4.69, 9.17) is 10.8 Å². The van der Waals surface area contributed by atoms with Crippen molar-refractivity contribution in [2.45, 2.75) is 33.2 Å². The van der Waals surface area contributed by atoms with Gasteiger partial charge in [-0.3, -0.25) is 14.9 Å². The molecule has 1 atom stereocenters. The van der Waals surface area contributed by atoms with E-state index < -0.39 is 5.83 Å². The molecule has 1 unspecified atom stereocenters. The molecule has 13 nitrogen and oxygen atoms in total. The number of aliphatic hydroxyl groups is 1. The Balaban J connectivity index is 0.000000324. The minimum atomic E-state index is -0.513. The van der Waals surface area contributed by atoms with Gasteiger partial charge in [0.1, 0.15) is 12.1 Å². The molecule has 1 fully saturated rings. The number of allylic oxidation sites excluding steroid dienone is 1. The zero-order valence-corrected chi connectivity index (χ0v) is 27.4. The first-order valence-corrected chi connectivity index (χ1v) is 14.8. The van der Waals surface area contributed by atoms with Gasteiger partial charge in [-0.2, -0.15) is 4.99 Å². The average Bonchev–Trinajstić information content (AvgIpc) is 3.70. The van der Waals surface area contributed by atoms with E-state index in [-0.39, 0.29) is 11.9 Å². The van der Waals surface area contributed by atoms with Crippen LogP contribution in [-0.4, -0.2) is 103 Å². The summed E-state index contributed by atoms with van der Waals surface area (Å²) in [6.45, 7) is 11.4. The summed E-state index contributed by atoms with van der Waals surface area (Å²) in [5.74, 6) is 0.383. The van der Waals surface area contributed by atoms with Crippen LogP contribution in [-0.2, 0) is 4.79 Å². The number of halogens is 1. The molecule has 7 N–H and O–H groups in total. The second-order valence-corrected chi connectivity index (χ2v) is 10.0. The number of nitrogens with one attached hydrogen (secondary N) is 4. The van der Waals surface area contributed by atoms with E-state index in [9.17, 15) is 9.18 Å². The number of hydrogen-bond donors (Lipinski definition) is 6. The van der Waals surface area contributed by atoms with Crippen LogP contribution in [0.4, 0.5) is 16.0 Å². The standard InChI is InChI=1S/C19H23N7.C12H19FN4O.CH4O/c1-11-9-24-19(25-16(20)8-12(2)21-3)26-17(11)14-10-23-18-13(14)6-5-7-15(18)22-4;1-3-15-12(11(13)8-14-2)16-10-4-5-17(9-10)6-7-18;1-2/h5-10,21-23H,1-4H3,(H2,20,24,25,26);7-8,10H,2-6,9H2,1H3,(H,15,16);2H,1H3/b12-8-;11-8+;. The number of carbonyl (C=O) groups excluding carboxylic acids is 1. The van der Waals surface area contributed by atoms with E-state index >= 15 is 0 Å². The molecule has 14 heteroatoms. The molecule has 1 saturated heterocycles. The first-order valence-electron chi connectivity index (χ1n) is 14.8. The minimum Gasteiger partial charge on any atom is -0.400 e. The minimum absolute atomic E-state index is 0.110. The molecule has 46 heavy (non-hydrogen) atoms. The normalized spacial score (nSPS) is 15.8. The van der Waals surface area contributed by atoms with Gasteiger partial charge in [0, 0.05) is 75.9 Å². The Morgan fingerprint density at radius 2 is 2.09 bits per heavy atom. The largest absolute Gasteiger partial charge is 0.400 e. The number of benzene rings is 1. The van der Waals surface area contributed by atoms with Crippen molar-refractivity contribution in [3.63, 3.8) is 0 Å². The molecule has 0 radical (unpaired) electrons. The van der Waals surface area contributed by atoms with Crippen molar-refractivity contribution in [3.8, 4) is 11.3 Å². The van der Waals surface area contributed by atoms with Crippen molar-refractivity contribution >= 4 is 47.2 Å². The number of aliphatic imine (C=N–C) groups is 3. The number of aryl methyl sites for hydroxylation is 1. The predicted octanol–water partition coefficient (Wildman–Crippen LogP) is 3.47. The van der Waals surface area contributed by atoms with E-state index in [0.717, 1.165) is 78.2 Å². The SMILES string of the molecule is C=N/C=C(/F)C(=NCC)NC1CCN(CC=O)C1.CN/C(C)=C\C(N)=N/c1ncc(C)c(-c2c[nH]c3c(NC)cccc23)n1.CO. The van der Waals surface area contributed by atoms with Gasteiger partial charge in [-0.15, -0.1) is 0 Å². The molecule has 1 aromatic carbocycles. The number of aromatic amines is 1. The third kappa shape index (κ3) is 10.6. The number of likely N-dealkylation sites (tertiary alicyclic amines) is 1. The highest BCUT2D eigenvalue weighted by Crippen LogP contribution is 2.33. The Bertz CT molecular complexity index is 1560. The molecule has 248 valence electrons. The number of anilines is 1. The fraction of sp³-hybridized carbons (Fsp3) is 0.375. The van der Waals surface area contributed by atoms with Crippen LogP contribution in [0.3, 0.4) is 0 Å². The predicted molar refractivity (Wildman–Crippen MR) is 187 cm³/mol. The molecule has 0 saturated carbocycles. The lowest BCUT2D eigenvalue weighted by atomic mass is 10.1. The number of para-hydroxylation sites is 1. The summed E-state index contributed by atoms with van der Waals surface area (Å²) in [6.07, 6.45) is 8.26. The molecular weight excluding hydrogens is 589 g/mol. The summed E-state index contributed by atoms with van der Waals surface area (Å²) in [6, 6.07) is 6.23. The van der Waals surface area contributed by atoms with Gasteiger partial charge >= 0.3 is 0 Å². The zero-order valence-electron chi connectivity index (χ0n) is 27.4. The van der Waals surface area contributed by atoms with Gasteiger partial charge < -0.3 is 36.6 Å². The summed E-state index contributed by atoms with van der Waals surface area (Å²) in [4.78, 5) is 36.4. The number of nitrogens with zero attached hydrogens (tertiary/aromatic N) is 6. The lowest BCUT2D eigenvalue weighted by Crippen LogP contribution is -2.37. The molecule has 1 aliphatic heterocycles. The van der Waals surface area contributed by atoms with Crippen molar-refractivity contribution in [2.75, 3.05) is 52.7 Å². The lowest BCUT2D eigenvalue weighted by molar-refractivity contribution is -0.108. The van der Waals surface area contributed by atoms with Gasteiger partial charge in [-0.05, 0) is 51.6 Å². The van der Waals surface area contributed by atoms with Crippen LogP contribution in [0, 0.1) is 6.92 Å². The number of fused-ring (bicyclic) bond motifs is 1. The highest BCUT2D eigenvalue weighted by atomic mass is 19.1. The number of hydrogen-bond acceptors (Lipinski definition) is 10. The molecule has 0 spiro atoms. The zero-order chi connectivity index (χ0) is 34.1. The summed E-state index contributed by atoms with van der Waals surface area (Å²) >= 11 is 0. The average molecular weight is 636 g/mol. The summed E-state index contributed by atoms with van der Waals surface area (Å²) in [5.41, 5.74) is 11.8. The number of H-pyrrole nitrogens is 1. The Morgan fingerprint density at radius 1 is 1.33 bits per heavy atom. The molecule has 3 aromatic rings. The van der Waals surface area contributed by atoms with Crippen molar-refractivity contribution in [3.05, 3.63) is 60.0 Å². The smallest absolute Gasteiger partial charge is 0.251 e. The molecule has 1 aliphatic rings. The van der Waals surface area contributed by atoms with Gasteiger partial charge in [-0.25, -0.2) is 14.4 Å². The van der Waals surface area contributed by atoms with Crippen LogP contribution in [0.5, 0.6) is 0 Å². The third-order valence-electron chi connectivity index (χ3n) is 6.88. The van der Waals surface area contributed by atoms with Gasteiger partial charge in [0.15, 0.2) is 11.7 Å². The first kappa shape index (κ1) is 37.2. The van der Waals surface area contributed by atoms with Crippen LogP contribution in [0.25, 0.3) is 22.2 Å². The Morgan fingerprint density at radius 3 is 2.74 bits per heavy atom. The Kier molecular flexibility index (Phi) is 15.7. The first-order chi connectivity index (χ1) is 22.2. The number of aldehydes is 1. The summed E-state index contributed by atoms with van der Waals surface area (Å²) in [5, 5.41) is 17.3. The number of nitrogens with two attached hydrogens (primary N) is 1. The van der Waals surface area contributed by atoms with Gasteiger partial charge in [0.05, 0.1) is 29.6 Å².